The molecule has 5 heteroatoms. The Hall–Kier alpha value is -2.04. The van der Waals surface area contributed by atoms with Crippen LogP contribution < -0.4 is 0 Å². The Labute approximate surface area is 137 Å². The van der Waals surface area contributed by atoms with Crippen LogP contribution in [0.3, 0.4) is 0 Å². The summed E-state index contributed by atoms with van der Waals surface area (Å²) in [5.41, 5.74) is 2.68. The highest BCUT2D eigenvalue weighted by molar-refractivity contribution is 5.96. The maximum Gasteiger partial charge on any atom is 0.255 e. The van der Waals surface area contributed by atoms with Crippen LogP contribution in [0.1, 0.15) is 59.6 Å². The van der Waals surface area contributed by atoms with Gasteiger partial charge in [0.1, 0.15) is 5.76 Å². The standard InChI is InChI=1S/C18H25N3O2/c1-12-10-16(14(3)21(12)17-11-13(2)23-19-17)18(22)20(4)15-8-6-5-7-9-15/h10-11,15H,5-9H2,1-4H3. The molecule has 0 bridgehead atoms. The van der Waals surface area contributed by atoms with E-state index in [0.717, 1.165) is 41.4 Å². The van der Waals surface area contributed by atoms with Gasteiger partial charge in [0.2, 0.25) is 0 Å². The monoisotopic (exact) mass is 315 g/mol. The minimum Gasteiger partial charge on any atom is -0.360 e. The van der Waals surface area contributed by atoms with Crippen LogP contribution in [0, 0.1) is 20.8 Å². The summed E-state index contributed by atoms with van der Waals surface area (Å²) in [7, 11) is 1.94. The van der Waals surface area contributed by atoms with Crippen LogP contribution in [0.2, 0.25) is 0 Å². The van der Waals surface area contributed by atoms with Gasteiger partial charge in [-0.1, -0.05) is 24.4 Å². The van der Waals surface area contributed by atoms with Gasteiger partial charge in [0.05, 0.1) is 5.56 Å². The van der Waals surface area contributed by atoms with Crippen molar-refractivity contribution in [3.05, 3.63) is 34.8 Å². The molecule has 0 unspecified atom stereocenters. The molecule has 0 spiro atoms. The zero-order chi connectivity index (χ0) is 16.6. The van der Waals surface area contributed by atoms with E-state index in [0.29, 0.717) is 6.04 Å². The maximum absolute atomic E-state index is 12.9. The molecule has 2 aromatic rings. The van der Waals surface area contributed by atoms with Gasteiger partial charge < -0.3 is 9.42 Å². The largest absolute Gasteiger partial charge is 0.360 e. The zero-order valence-electron chi connectivity index (χ0n) is 14.4. The maximum atomic E-state index is 12.9. The summed E-state index contributed by atoms with van der Waals surface area (Å²) in [4.78, 5) is 14.9. The van der Waals surface area contributed by atoms with Crippen molar-refractivity contribution in [2.75, 3.05) is 7.05 Å². The van der Waals surface area contributed by atoms with Gasteiger partial charge in [-0.25, -0.2) is 0 Å². The van der Waals surface area contributed by atoms with Gasteiger partial charge in [0.25, 0.3) is 5.91 Å². The SMILES string of the molecule is Cc1cc(-n2c(C)cc(C(=O)N(C)C3CCCCC3)c2C)no1. The van der Waals surface area contributed by atoms with E-state index in [1.807, 2.05) is 49.4 Å². The summed E-state index contributed by atoms with van der Waals surface area (Å²) in [6, 6.07) is 4.22. The van der Waals surface area contributed by atoms with Crippen LogP contribution in [0.5, 0.6) is 0 Å². The molecule has 124 valence electrons. The average molecular weight is 315 g/mol. The Morgan fingerprint density at radius 2 is 1.91 bits per heavy atom. The second kappa shape index (κ2) is 6.22. The van der Waals surface area contributed by atoms with Crippen LogP contribution in [-0.2, 0) is 0 Å². The lowest BCUT2D eigenvalue weighted by atomic mass is 9.94. The fourth-order valence-corrected chi connectivity index (χ4v) is 3.61. The van der Waals surface area contributed by atoms with Gasteiger partial charge in [0, 0.05) is 30.5 Å². The molecule has 1 aliphatic carbocycles. The van der Waals surface area contributed by atoms with Crippen molar-refractivity contribution in [1.29, 1.82) is 0 Å². The van der Waals surface area contributed by atoms with Gasteiger partial charge >= 0.3 is 0 Å². The Kier molecular flexibility index (Phi) is 4.28. The van der Waals surface area contributed by atoms with E-state index >= 15 is 0 Å². The Morgan fingerprint density at radius 1 is 1.22 bits per heavy atom. The predicted octanol–water partition coefficient (Wildman–Crippen LogP) is 3.80. The van der Waals surface area contributed by atoms with Crippen LogP contribution in [0.4, 0.5) is 0 Å². The van der Waals surface area contributed by atoms with Crippen LogP contribution in [-0.4, -0.2) is 33.6 Å². The van der Waals surface area contributed by atoms with E-state index in [1.165, 1.54) is 19.3 Å². The number of rotatable bonds is 3. The van der Waals surface area contributed by atoms with E-state index in [4.69, 9.17) is 4.52 Å². The van der Waals surface area contributed by atoms with E-state index in [1.54, 1.807) is 0 Å². The second-order valence-corrected chi connectivity index (χ2v) is 6.62. The first-order chi connectivity index (χ1) is 11.0. The van der Waals surface area contributed by atoms with Crippen molar-refractivity contribution in [2.45, 2.75) is 58.9 Å². The molecule has 1 amide bonds. The number of hydrogen-bond acceptors (Lipinski definition) is 3. The number of carbonyl (C=O) groups excluding carboxylic acids is 1. The molecule has 23 heavy (non-hydrogen) atoms. The molecule has 1 fully saturated rings. The molecule has 0 aliphatic heterocycles. The summed E-state index contributed by atoms with van der Waals surface area (Å²) in [5, 5.41) is 4.08. The minimum absolute atomic E-state index is 0.108. The van der Waals surface area contributed by atoms with E-state index in [9.17, 15) is 4.79 Å². The lowest BCUT2D eigenvalue weighted by molar-refractivity contribution is 0.0695. The second-order valence-electron chi connectivity index (χ2n) is 6.62. The topological polar surface area (TPSA) is 51.3 Å². The molecule has 0 atom stereocenters. The first-order valence-corrected chi connectivity index (χ1v) is 8.39. The van der Waals surface area contributed by atoms with Gasteiger partial charge in [-0.15, -0.1) is 0 Å². The van der Waals surface area contributed by atoms with Crippen molar-refractivity contribution in [3.8, 4) is 5.82 Å². The number of aromatic nitrogens is 2. The molecule has 2 heterocycles. The summed E-state index contributed by atoms with van der Waals surface area (Å²) >= 11 is 0. The number of nitrogens with zero attached hydrogens (tertiary/aromatic N) is 3. The first-order valence-electron chi connectivity index (χ1n) is 8.39. The number of hydrogen-bond donors (Lipinski definition) is 0. The third-order valence-electron chi connectivity index (χ3n) is 4.95. The summed E-state index contributed by atoms with van der Waals surface area (Å²) in [5.74, 6) is 1.60. The molecule has 2 aromatic heterocycles. The van der Waals surface area contributed by atoms with Crippen LogP contribution in [0.25, 0.3) is 5.82 Å². The molecule has 1 saturated carbocycles. The highest BCUT2D eigenvalue weighted by Gasteiger charge is 2.26. The van der Waals surface area contributed by atoms with Gasteiger partial charge in [0.15, 0.2) is 5.82 Å². The van der Waals surface area contributed by atoms with Crippen LogP contribution in [0.15, 0.2) is 16.7 Å². The molecule has 0 saturated heterocycles. The smallest absolute Gasteiger partial charge is 0.255 e. The van der Waals surface area contributed by atoms with E-state index < -0.39 is 0 Å². The lowest BCUT2D eigenvalue weighted by Gasteiger charge is -2.31. The molecule has 1 aliphatic rings. The fraction of sp³-hybridized carbons (Fsp3) is 0.556. The van der Waals surface area contributed by atoms with E-state index in [-0.39, 0.29) is 5.91 Å². The Balaban J connectivity index is 1.89. The molecule has 0 aromatic carbocycles. The summed E-state index contributed by atoms with van der Waals surface area (Å²) < 4.78 is 7.16. The average Bonchev–Trinajstić information content (AvgIpc) is 3.09. The van der Waals surface area contributed by atoms with Gasteiger partial charge in [-0.2, -0.15) is 0 Å². The highest BCUT2D eigenvalue weighted by Crippen LogP contribution is 2.26. The van der Waals surface area contributed by atoms with Crippen molar-refractivity contribution in [1.82, 2.24) is 14.6 Å². The summed E-state index contributed by atoms with van der Waals surface area (Å²) in [6.45, 7) is 5.83. The van der Waals surface area contributed by atoms with Crippen LogP contribution >= 0.6 is 0 Å². The molecular weight excluding hydrogens is 290 g/mol. The fourth-order valence-electron chi connectivity index (χ4n) is 3.61. The zero-order valence-corrected chi connectivity index (χ0v) is 14.4. The number of aryl methyl sites for hydroxylation is 2. The molecular formula is C18H25N3O2. The molecule has 5 nitrogen and oxygen atoms in total. The van der Waals surface area contributed by atoms with E-state index in [2.05, 4.69) is 5.16 Å². The number of amides is 1. The summed E-state index contributed by atoms with van der Waals surface area (Å²) in [6.07, 6.45) is 5.96. The molecule has 0 radical (unpaired) electrons. The predicted molar refractivity (Wildman–Crippen MR) is 89.0 cm³/mol. The number of carbonyl (C=O) groups is 1. The first kappa shape index (κ1) is 15.8. The van der Waals surface area contributed by atoms with Gasteiger partial charge in [-0.05, 0) is 39.7 Å². The minimum atomic E-state index is 0.108. The van der Waals surface area contributed by atoms with Gasteiger partial charge in [-0.3, -0.25) is 9.36 Å². The van der Waals surface area contributed by atoms with Crippen molar-refractivity contribution < 1.29 is 9.32 Å². The van der Waals surface area contributed by atoms with Crippen molar-refractivity contribution in [2.24, 2.45) is 0 Å². The van der Waals surface area contributed by atoms with Crippen molar-refractivity contribution >= 4 is 5.91 Å². The highest BCUT2D eigenvalue weighted by atomic mass is 16.5. The lowest BCUT2D eigenvalue weighted by Crippen LogP contribution is -2.38. The quantitative estimate of drug-likeness (QED) is 0.865. The normalized spacial score (nSPS) is 15.8. The Morgan fingerprint density at radius 3 is 2.52 bits per heavy atom. The third kappa shape index (κ3) is 2.92. The van der Waals surface area contributed by atoms with Crippen molar-refractivity contribution in [3.63, 3.8) is 0 Å². The molecule has 0 N–H and O–H groups in total. The Bertz CT molecular complexity index is 708. The molecule has 3 rings (SSSR count). The third-order valence-corrected chi connectivity index (χ3v) is 4.95.